The number of halogens is 1. The van der Waals surface area contributed by atoms with Gasteiger partial charge in [0.05, 0.1) is 10.5 Å². The van der Waals surface area contributed by atoms with Crippen molar-refractivity contribution in [1.29, 1.82) is 0 Å². The van der Waals surface area contributed by atoms with Gasteiger partial charge >= 0.3 is 0 Å². The molecule has 0 spiro atoms. The molecule has 0 bridgehead atoms. The predicted molar refractivity (Wildman–Crippen MR) is 104 cm³/mol. The van der Waals surface area contributed by atoms with Gasteiger partial charge < -0.3 is 5.32 Å². The molecule has 2 heterocycles. The maximum absolute atomic E-state index is 12.8. The normalized spacial score (nSPS) is 18.5. The van der Waals surface area contributed by atoms with E-state index in [4.69, 9.17) is 0 Å². The van der Waals surface area contributed by atoms with Crippen molar-refractivity contribution < 1.29 is 13.2 Å². The highest BCUT2D eigenvalue weighted by atomic mass is 79.9. The first-order chi connectivity index (χ1) is 12.4. The Morgan fingerprint density at radius 2 is 1.96 bits per heavy atom. The van der Waals surface area contributed by atoms with Crippen molar-refractivity contribution in [1.82, 2.24) is 9.29 Å². The first kappa shape index (κ1) is 19.0. The minimum absolute atomic E-state index is 0.0113. The number of nitrogens with zero attached hydrogens (tertiary/aromatic N) is 2. The van der Waals surface area contributed by atoms with E-state index in [2.05, 4.69) is 26.2 Å². The third-order valence-corrected chi connectivity index (χ3v) is 6.89. The summed E-state index contributed by atoms with van der Waals surface area (Å²) < 4.78 is 27.9. The van der Waals surface area contributed by atoms with Crippen LogP contribution in [0.15, 0.2) is 52.1 Å². The number of nitrogens with one attached hydrogen (secondary N) is 1. The fourth-order valence-corrected chi connectivity index (χ4v) is 5.08. The van der Waals surface area contributed by atoms with E-state index in [9.17, 15) is 13.2 Å². The lowest BCUT2D eigenvalue weighted by Gasteiger charge is -2.32. The smallest absolute Gasteiger partial charge is 0.257 e. The van der Waals surface area contributed by atoms with Gasteiger partial charge in [-0.15, -0.1) is 0 Å². The van der Waals surface area contributed by atoms with Crippen LogP contribution in [0.2, 0.25) is 0 Å². The molecule has 1 saturated heterocycles. The van der Waals surface area contributed by atoms with Crippen LogP contribution in [0, 0.1) is 0 Å². The largest absolute Gasteiger partial charge is 0.322 e. The molecular formula is C18H20BrN3O3S. The summed E-state index contributed by atoms with van der Waals surface area (Å²) in [5.74, 6) is -0.306. The molecule has 1 fully saturated rings. The van der Waals surface area contributed by atoms with E-state index in [1.54, 1.807) is 28.7 Å². The second kappa shape index (κ2) is 7.85. The van der Waals surface area contributed by atoms with Crippen molar-refractivity contribution in [3.8, 4) is 0 Å². The summed E-state index contributed by atoms with van der Waals surface area (Å²) in [5, 5.41) is 2.74. The van der Waals surface area contributed by atoms with E-state index in [0.717, 1.165) is 19.3 Å². The van der Waals surface area contributed by atoms with Crippen LogP contribution in [0.5, 0.6) is 0 Å². The number of aromatic nitrogens is 1. The molecule has 8 heteroatoms. The van der Waals surface area contributed by atoms with E-state index >= 15 is 0 Å². The number of sulfonamides is 1. The maximum Gasteiger partial charge on any atom is 0.257 e. The van der Waals surface area contributed by atoms with Gasteiger partial charge in [0.25, 0.3) is 5.91 Å². The first-order valence-corrected chi connectivity index (χ1v) is 10.6. The second-order valence-corrected chi connectivity index (χ2v) is 9.14. The van der Waals surface area contributed by atoms with E-state index in [-0.39, 0.29) is 16.8 Å². The summed E-state index contributed by atoms with van der Waals surface area (Å²) >= 11 is 3.28. The summed E-state index contributed by atoms with van der Waals surface area (Å²) in [6, 6.07) is 7.95. The van der Waals surface area contributed by atoms with Crippen molar-refractivity contribution in [3.05, 3.63) is 52.8 Å². The molecule has 1 aliphatic rings. The minimum Gasteiger partial charge on any atom is -0.322 e. The third-order valence-electron chi connectivity index (χ3n) is 4.43. The average molecular weight is 438 g/mol. The SMILES string of the molecule is CC1CCCCN1S(=O)(=O)c1ccc(NC(=O)c2cncc(Br)c2)cc1. The molecule has 1 unspecified atom stereocenters. The molecule has 26 heavy (non-hydrogen) atoms. The standard InChI is InChI=1S/C18H20BrN3O3S/c1-13-4-2-3-9-22(13)26(24,25)17-7-5-16(6-8-17)21-18(23)14-10-15(19)12-20-11-14/h5-8,10-13H,2-4,9H2,1H3,(H,21,23). The van der Waals surface area contributed by atoms with Crippen molar-refractivity contribution in [2.24, 2.45) is 0 Å². The highest BCUT2D eigenvalue weighted by Gasteiger charge is 2.30. The van der Waals surface area contributed by atoms with E-state index in [1.165, 1.54) is 18.3 Å². The molecule has 0 radical (unpaired) electrons. The van der Waals surface area contributed by atoms with Gasteiger partial charge in [0.1, 0.15) is 0 Å². The molecule has 0 aliphatic carbocycles. The van der Waals surface area contributed by atoms with Gasteiger partial charge in [0.2, 0.25) is 10.0 Å². The van der Waals surface area contributed by atoms with Crippen molar-refractivity contribution >= 4 is 37.5 Å². The number of carbonyl (C=O) groups is 1. The molecule has 1 aromatic heterocycles. The van der Waals surface area contributed by atoms with Crippen molar-refractivity contribution in [3.63, 3.8) is 0 Å². The Balaban J connectivity index is 1.75. The third kappa shape index (κ3) is 4.13. The van der Waals surface area contributed by atoms with Crippen molar-refractivity contribution in [2.75, 3.05) is 11.9 Å². The molecular weight excluding hydrogens is 418 g/mol. The number of pyridine rings is 1. The molecule has 1 aromatic carbocycles. The summed E-state index contributed by atoms with van der Waals surface area (Å²) in [5.41, 5.74) is 0.943. The Kier molecular flexibility index (Phi) is 5.74. The molecule has 0 saturated carbocycles. The molecule has 6 nitrogen and oxygen atoms in total. The van der Waals surface area contributed by atoms with Crippen LogP contribution in [0.3, 0.4) is 0 Å². The number of benzene rings is 1. The highest BCUT2D eigenvalue weighted by molar-refractivity contribution is 9.10. The summed E-state index contributed by atoms with van der Waals surface area (Å²) in [4.78, 5) is 16.4. The Labute approximate surface area is 161 Å². The lowest BCUT2D eigenvalue weighted by atomic mass is 10.1. The topological polar surface area (TPSA) is 79.4 Å². The second-order valence-electron chi connectivity index (χ2n) is 6.33. The molecule has 3 rings (SSSR count). The number of carbonyl (C=O) groups excluding carboxylic acids is 1. The van der Waals surface area contributed by atoms with Crippen LogP contribution in [0.25, 0.3) is 0 Å². The Morgan fingerprint density at radius 3 is 2.62 bits per heavy atom. The Hall–Kier alpha value is -1.77. The van der Waals surface area contributed by atoms with Crippen LogP contribution >= 0.6 is 15.9 Å². The van der Waals surface area contributed by atoms with E-state index in [0.29, 0.717) is 22.3 Å². The molecule has 1 aliphatic heterocycles. The lowest BCUT2D eigenvalue weighted by Crippen LogP contribution is -2.41. The Morgan fingerprint density at radius 1 is 1.23 bits per heavy atom. The lowest BCUT2D eigenvalue weighted by molar-refractivity contribution is 0.102. The maximum atomic E-state index is 12.8. The molecule has 138 valence electrons. The highest BCUT2D eigenvalue weighted by Crippen LogP contribution is 2.26. The summed E-state index contributed by atoms with van der Waals surface area (Å²) in [6.45, 7) is 2.50. The van der Waals surface area contributed by atoms with Crippen LogP contribution < -0.4 is 5.32 Å². The number of amides is 1. The zero-order chi connectivity index (χ0) is 18.7. The fraction of sp³-hybridized carbons (Fsp3) is 0.333. The number of hydrogen-bond donors (Lipinski definition) is 1. The first-order valence-electron chi connectivity index (χ1n) is 8.42. The molecule has 1 N–H and O–H groups in total. The van der Waals surface area contributed by atoms with Gasteiger partial charge in [-0.25, -0.2) is 8.42 Å². The van der Waals surface area contributed by atoms with Crippen LogP contribution in [-0.2, 0) is 10.0 Å². The molecule has 1 amide bonds. The van der Waals surface area contributed by atoms with Gasteiger partial charge in [-0.05, 0) is 66.0 Å². The van der Waals surface area contributed by atoms with Crippen LogP contribution in [0.1, 0.15) is 36.5 Å². The number of piperidine rings is 1. The van der Waals surface area contributed by atoms with Gasteiger partial charge in [0.15, 0.2) is 0 Å². The number of anilines is 1. The summed E-state index contributed by atoms with van der Waals surface area (Å²) in [7, 11) is -3.51. The molecule has 2 aromatic rings. The zero-order valence-electron chi connectivity index (χ0n) is 14.4. The van der Waals surface area contributed by atoms with Gasteiger partial charge in [-0.1, -0.05) is 6.42 Å². The Bertz CT molecular complexity index is 900. The predicted octanol–water partition coefficient (Wildman–Crippen LogP) is 3.66. The average Bonchev–Trinajstić information content (AvgIpc) is 2.62. The van der Waals surface area contributed by atoms with Gasteiger partial charge in [-0.2, -0.15) is 4.31 Å². The fourth-order valence-electron chi connectivity index (χ4n) is 3.01. The minimum atomic E-state index is -3.51. The van der Waals surface area contributed by atoms with Crippen LogP contribution in [0.4, 0.5) is 5.69 Å². The number of rotatable bonds is 4. The van der Waals surface area contributed by atoms with Crippen LogP contribution in [-0.4, -0.2) is 36.2 Å². The van der Waals surface area contributed by atoms with Gasteiger partial charge in [0, 0.05) is 35.1 Å². The zero-order valence-corrected chi connectivity index (χ0v) is 16.8. The quantitative estimate of drug-likeness (QED) is 0.790. The van der Waals surface area contributed by atoms with E-state index in [1.807, 2.05) is 6.92 Å². The monoisotopic (exact) mass is 437 g/mol. The van der Waals surface area contributed by atoms with Gasteiger partial charge in [-0.3, -0.25) is 9.78 Å². The summed E-state index contributed by atoms with van der Waals surface area (Å²) in [6.07, 6.45) is 5.89. The number of hydrogen-bond acceptors (Lipinski definition) is 4. The van der Waals surface area contributed by atoms with E-state index < -0.39 is 10.0 Å². The van der Waals surface area contributed by atoms with Crippen molar-refractivity contribution in [2.45, 2.75) is 37.1 Å². The molecule has 1 atom stereocenters.